The highest BCUT2D eigenvalue weighted by Gasteiger charge is 2.26. The third-order valence-electron chi connectivity index (χ3n) is 4.90. The first-order valence-electron chi connectivity index (χ1n) is 8.59. The van der Waals surface area contributed by atoms with Gasteiger partial charge >= 0.3 is 0 Å². The number of aryl methyl sites for hydroxylation is 1. The molecule has 0 amide bonds. The molecule has 1 atom stereocenters. The van der Waals surface area contributed by atoms with Crippen LogP contribution >= 0.6 is 0 Å². The number of H-pyrrole nitrogens is 1. The summed E-state index contributed by atoms with van der Waals surface area (Å²) < 4.78 is 0. The van der Waals surface area contributed by atoms with Gasteiger partial charge in [-0.2, -0.15) is 5.10 Å². The summed E-state index contributed by atoms with van der Waals surface area (Å²) >= 11 is 0. The highest BCUT2D eigenvalue weighted by Crippen LogP contribution is 2.26. The zero-order valence-corrected chi connectivity index (χ0v) is 13.7. The van der Waals surface area contributed by atoms with Crippen LogP contribution < -0.4 is 4.90 Å². The molecule has 2 aliphatic rings. The molecule has 0 radical (unpaired) electrons. The van der Waals surface area contributed by atoms with E-state index in [4.69, 9.17) is 0 Å². The van der Waals surface area contributed by atoms with E-state index in [1.165, 1.54) is 18.4 Å². The lowest BCUT2D eigenvalue weighted by Gasteiger charge is -2.18. The van der Waals surface area contributed by atoms with Crippen molar-refractivity contribution in [3.8, 4) is 0 Å². The first kappa shape index (κ1) is 14.6. The van der Waals surface area contributed by atoms with Gasteiger partial charge in [0.15, 0.2) is 5.82 Å². The van der Waals surface area contributed by atoms with E-state index in [0.717, 1.165) is 56.6 Å². The van der Waals surface area contributed by atoms with Crippen molar-refractivity contribution in [2.24, 2.45) is 0 Å². The lowest BCUT2D eigenvalue weighted by molar-refractivity contribution is 0.325. The molecule has 23 heavy (non-hydrogen) atoms. The van der Waals surface area contributed by atoms with Crippen molar-refractivity contribution in [2.45, 2.75) is 38.6 Å². The molecule has 2 aliphatic heterocycles. The fraction of sp³-hybridized carbons (Fsp3) is 0.588. The van der Waals surface area contributed by atoms with Crippen molar-refractivity contribution in [3.63, 3.8) is 0 Å². The quantitative estimate of drug-likeness (QED) is 0.937. The summed E-state index contributed by atoms with van der Waals surface area (Å²) in [4.78, 5) is 14.0. The lowest BCUT2D eigenvalue weighted by Crippen LogP contribution is -2.21. The molecule has 0 spiro atoms. The number of likely N-dealkylation sites (tertiary alicyclic amines) is 1. The van der Waals surface area contributed by atoms with Crippen LogP contribution in [0.4, 0.5) is 5.82 Å². The van der Waals surface area contributed by atoms with Crippen LogP contribution in [0.15, 0.2) is 18.3 Å². The van der Waals surface area contributed by atoms with Crippen molar-refractivity contribution in [1.29, 1.82) is 0 Å². The van der Waals surface area contributed by atoms with Crippen molar-refractivity contribution >= 4 is 5.82 Å². The Balaban J connectivity index is 1.35. The van der Waals surface area contributed by atoms with Crippen LogP contribution in [0, 0.1) is 6.92 Å². The summed E-state index contributed by atoms with van der Waals surface area (Å²) in [6, 6.07) is 4.40. The van der Waals surface area contributed by atoms with E-state index in [1.807, 2.05) is 13.1 Å². The molecular formula is C17H24N6. The summed E-state index contributed by atoms with van der Waals surface area (Å²) in [6.45, 7) is 7.35. The molecule has 6 nitrogen and oxygen atoms in total. The van der Waals surface area contributed by atoms with Gasteiger partial charge in [0.25, 0.3) is 0 Å². The Morgan fingerprint density at radius 2 is 2.09 bits per heavy atom. The molecule has 2 saturated heterocycles. The Morgan fingerprint density at radius 3 is 2.78 bits per heavy atom. The molecule has 6 heteroatoms. The number of anilines is 1. The molecule has 0 saturated carbocycles. The molecule has 4 heterocycles. The number of rotatable bonds is 4. The van der Waals surface area contributed by atoms with Crippen molar-refractivity contribution in [1.82, 2.24) is 25.1 Å². The van der Waals surface area contributed by atoms with Crippen LogP contribution in [0.2, 0.25) is 0 Å². The van der Waals surface area contributed by atoms with E-state index in [1.54, 1.807) is 0 Å². The van der Waals surface area contributed by atoms with Crippen LogP contribution in [0.1, 0.15) is 42.4 Å². The van der Waals surface area contributed by atoms with E-state index >= 15 is 0 Å². The average Bonchev–Trinajstić information content (AvgIpc) is 3.29. The zero-order valence-electron chi connectivity index (χ0n) is 13.7. The number of nitrogens with zero attached hydrogens (tertiary/aromatic N) is 5. The minimum absolute atomic E-state index is 0.455. The Bertz CT molecular complexity index is 643. The van der Waals surface area contributed by atoms with Crippen LogP contribution in [0.5, 0.6) is 0 Å². The zero-order chi connectivity index (χ0) is 15.6. The van der Waals surface area contributed by atoms with Gasteiger partial charge in [0, 0.05) is 38.3 Å². The summed E-state index contributed by atoms with van der Waals surface area (Å²) in [5, 5.41) is 7.26. The first-order chi connectivity index (χ1) is 11.3. The largest absolute Gasteiger partial charge is 0.357 e. The first-order valence-corrected chi connectivity index (χ1v) is 8.59. The predicted molar refractivity (Wildman–Crippen MR) is 89.4 cm³/mol. The van der Waals surface area contributed by atoms with E-state index in [9.17, 15) is 0 Å². The van der Waals surface area contributed by atoms with Crippen molar-refractivity contribution < 1.29 is 0 Å². The van der Waals surface area contributed by atoms with Crippen molar-refractivity contribution in [2.75, 3.05) is 31.1 Å². The van der Waals surface area contributed by atoms with E-state index < -0.39 is 0 Å². The van der Waals surface area contributed by atoms with Gasteiger partial charge in [0.2, 0.25) is 0 Å². The van der Waals surface area contributed by atoms with E-state index in [2.05, 4.69) is 42.1 Å². The molecule has 0 aromatic carbocycles. The predicted octanol–water partition coefficient (Wildman–Crippen LogP) is 2.10. The molecule has 0 aliphatic carbocycles. The third-order valence-corrected chi connectivity index (χ3v) is 4.90. The maximum Gasteiger partial charge on any atom is 0.155 e. The Morgan fingerprint density at radius 1 is 1.22 bits per heavy atom. The van der Waals surface area contributed by atoms with E-state index in [0.29, 0.717) is 5.92 Å². The molecule has 4 rings (SSSR count). The summed E-state index contributed by atoms with van der Waals surface area (Å²) in [5.41, 5.74) is 1.29. The van der Waals surface area contributed by atoms with Crippen LogP contribution in [-0.2, 0) is 6.54 Å². The number of hydrogen-bond acceptors (Lipinski definition) is 5. The Hall–Kier alpha value is -1.95. The van der Waals surface area contributed by atoms with Gasteiger partial charge in [-0.1, -0.05) is 6.07 Å². The smallest absolute Gasteiger partial charge is 0.155 e. The number of hydrogen-bond donors (Lipinski definition) is 1. The molecule has 122 valence electrons. The standard InChI is InChI=1S/C17H24N6/c1-13-19-17(21-20-13)15-6-9-22(12-15)11-14-4-5-16(18-10-14)23-7-2-3-8-23/h4-5,10,15H,2-3,6-9,11-12H2,1H3,(H,19,20,21). The Kier molecular flexibility index (Phi) is 3.99. The fourth-order valence-corrected chi connectivity index (χ4v) is 3.63. The minimum Gasteiger partial charge on any atom is -0.357 e. The topological polar surface area (TPSA) is 60.9 Å². The SMILES string of the molecule is Cc1nc(C2CCN(Cc3ccc(N4CCCC4)nc3)C2)n[nH]1. The van der Waals surface area contributed by atoms with E-state index in [-0.39, 0.29) is 0 Å². The number of aromatic nitrogens is 4. The van der Waals surface area contributed by atoms with Crippen LogP contribution in [0.3, 0.4) is 0 Å². The third kappa shape index (κ3) is 3.22. The maximum atomic E-state index is 4.65. The molecule has 1 unspecified atom stereocenters. The number of nitrogens with one attached hydrogen (secondary N) is 1. The molecular weight excluding hydrogens is 288 g/mol. The van der Waals surface area contributed by atoms with Gasteiger partial charge in [-0.15, -0.1) is 0 Å². The summed E-state index contributed by atoms with van der Waals surface area (Å²) in [5.74, 6) is 3.45. The molecule has 1 N–H and O–H groups in total. The number of aromatic amines is 1. The van der Waals surface area contributed by atoms with Gasteiger partial charge in [-0.25, -0.2) is 9.97 Å². The highest BCUT2D eigenvalue weighted by atomic mass is 15.2. The number of pyridine rings is 1. The fourth-order valence-electron chi connectivity index (χ4n) is 3.63. The average molecular weight is 312 g/mol. The highest BCUT2D eigenvalue weighted by molar-refractivity contribution is 5.40. The molecule has 2 fully saturated rings. The van der Waals surface area contributed by atoms with Crippen LogP contribution in [0.25, 0.3) is 0 Å². The Labute approximate surface area is 136 Å². The second kappa shape index (κ2) is 6.28. The normalized spacial score (nSPS) is 22.1. The second-order valence-electron chi connectivity index (χ2n) is 6.72. The molecule has 2 aromatic heterocycles. The molecule has 2 aromatic rings. The van der Waals surface area contributed by atoms with Gasteiger partial charge in [0.05, 0.1) is 0 Å². The van der Waals surface area contributed by atoms with Gasteiger partial charge in [-0.3, -0.25) is 10.00 Å². The van der Waals surface area contributed by atoms with Gasteiger partial charge < -0.3 is 4.90 Å². The van der Waals surface area contributed by atoms with Gasteiger partial charge in [-0.05, 0) is 44.4 Å². The summed E-state index contributed by atoms with van der Waals surface area (Å²) in [7, 11) is 0. The lowest BCUT2D eigenvalue weighted by atomic mass is 10.1. The summed E-state index contributed by atoms with van der Waals surface area (Å²) in [6.07, 6.45) is 5.76. The van der Waals surface area contributed by atoms with Crippen molar-refractivity contribution in [3.05, 3.63) is 35.5 Å². The molecule has 0 bridgehead atoms. The van der Waals surface area contributed by atoms with Crippen LogP contribution in [-0.4, -0.2) is 51.2 Å². The minimum atomic E-state index is 0.455. The maximum absolute atomic E-state index is 4.65. The monoisotopic (exact) mass is 312 g/mol. The second-order valence-corrected chi connectivity index (χ2v) is 6.72. The van der Waals surface area contributed by atoms with Gasteiger partial charge in [0.1, 0.15) is 11.6 Å².